The number of hydrogen-bond donors (Lipinski definition) is 4. The first-order valence-corrected chi connectivity index (χ1v) is 9.26. The van der Waals surface area contributed by atoms with Gasteiger partial charge in [-0.2, -0.15) is 0 Å². The summed E-state index contributed by atoms with van der Waals surface area (Å²) in [6, 6.07) is 9.40. The second-order valence-electron chi connectivity index (χ2n) is 6.05. The molecule has 0 spiro atoms. The SMILES string of the molecule is Nc1[nH]nc[nH+]1.Nc1[nH]nc[nH+]1.O=C([O-])c1cccc([N+](=O)[O-])c1.O=C([O-])c1cccc([N+](=O)[O-])c1. The van der Waals surface area contributed by atoms with Gasteiger partial charge in [0.1, 0.15) is 0 Å². The highest BCUT2D eigenvalue weighted by Crippen LogP contribution is 2.12. The molecule has 2 aromatic carbocycles. The van der Waals surface area contributed by atoms with Gasteiger partial charge in [-0.05, 0) is 10.2 Å². The molecule has 0 aliphatic carbocycles. The standard InChI is InChI=1S/2C7H5NO4.2C2H4N4/c2*9-7(10)5-2-1-3-6(4-5)8(11)12;2*3-2-4-1-5-6-2/h2*1-4H,(H,9,10);2*1H,(H3,3,4,5,6). The third-order valence-corrected chi connectivity index (χ3v) is 3.52. The number of aromatic carboxylic acids is 2. The van der Waals surface area contributed by atoms with Crippen LogP contribution in [0, 0.1) is 20.2 Å². The number of carbonyl (C=O) groups is 2. The van der Waals surface area contributed by atoms with Crippen LogP contribution in [-0.2, 0) is 0 Å². The molecule has 4 rings (SSSR count). The molecule has 188 valence electrons. The van der Waals surface area contributed by atoms with E-state index >= 15 is 0 Å². The second-order valence-corrected chi connectivity index (χ2v) is 6.05. The number of nitrogens with zero attached hydrogens (tertiary/aromatic N) is 4. The summed E-state index contributed by atoms with van der Waals surface area (Å²) in [4.78, 5) is 44.7. The predicted molar refractivity (Wildman–Crippen MR) is 114 cm³/mol. The number of aromatic nitrogens is 6. The van der Waals surface area contributed by atoms with Gasteiger partial charge in [0.2, 0.25) is 12.7 Å². The maximum Gasteiger partial charge on any atom is 0.337 e. The molecule has 0 fully saturated rings. The smallest absolute Gasteiger partial charge is 0.337 e. The maximum atomic E-state index is 10.2. The van der Waals surface area contributed by atoms with E-state index in [2.05, 4.69) is 30.4 Å². The lowest BCUT2D eigenvalue weighted by atomic mass is 10.2. The first-order valence-electron chi connectivity index (χ1n) is 9.26. The van der Waals surface area contributed by atoms with Gasteiger partial charge in [-0.1, -0.05) is 24.3 Å². The highest BCUT2D eigenvalue weighted by Gasteiger charge is 2.05. The van der Waals surface area contributed by atoms with Crippen molar-refractivity contribution in [3.63, 3.8) is 0 Å². The molecule has 36 heavy (non-hydrogen) atoms. The van der Waals surface area contributed by atoms with Gasteiger partial charge in [0.15, 0.2) is 0 Å². The molecule has 0 saturated heterocycles. The average Bonchev–Trinajstić information content (AvgIpc) is 3.53. The molecule has 18 heteroatoms. The van der Waals surface area contributed by atoms with E-state index in [0.29, 0.717) is 11.9 Å². The van der Waals surface area contributed by atoms with Crippen molar-refractivity contribution >= 4 is 35.2 Å². The van der Waals surface area contributed by atoms with Crippen LogP contribution < -0.4 is 31.6 Å². The molecule has 0 saturated carbocycles. The van der Waals surface area contributed by atoms with Crippen molar-refractivity contribution < 1.29 is 39.6 Å². The third kappa shape index (κ3) is 10.6. The Bertz CT molecular complexity index is 1120. The number of carboxylic acids is 2. The molecule has 4 aromatic rings. The Hall–Kier alpha value is -5.94. The summed E-state index contributed by atoms with van der Waals surface area (Å²) < 4.78 is 0. The number of anilines is 2. The number of carbonyl (C=O) groups excluding carboxylic acids is 2. The highest BCUT2D eigenvalue weighted by atomic mass is 16.6. The lowest BCUT2D eigenvalue weighted by Crippen LogP contribution is -2.22. The number of nitrogens with two attached hydrogens (primary N) is 2. The minimum Gasteiger partial charge on any atom is -0.545 e. The number of non-ortho nitro benzene ring substituents is 2. The minimum absolute atomic E-state index is 0.191. The number of H-pyrrole nitrogens is 4. The number of hydrogen-bond acceptors (Lipinski definition) is 12. The second kappa shape index (κ2) is 14.3. The summed E-state index contributed by atoms with van der Waals surface area (Å²) >= 11 is 0. The van der Waals surface area contributed by atoms with Crippen molar-refractivity contribution in [2.45, 2.75) is 0 Å². The van der Waals surface area contributed by atoms with Crippen LogP contribution in [0.3, 0.4) is 0 Å². The summed E-state index contributed by atoms with van der Waals surface area (Å²) in [5, 5.41) is 52.8. The monoisotopic (exact) mass is 502 g/mol. The molecule has 8 N–H and O–H groups in total. The van der Waals surface area contributed by atoms with Gasteiger partial charge in [-0.25, -0.2) is 9.97 Å². The fourth-order valence-corrected chi connectivity index (χ4v) is 1.96. The lowest BCUT2D eigenvalue weighted by Gasteiger charge is -1.99. The van der Waals surface area contributed by atoms with E-state index in [1.54, 1.807) is 0 Å². The largest absolute Gasteiger partial charge is 0.545 e. The van der Waals surface area contributed by atoms with E-state index in [9.17, 15) is 40.0 Å². The zero-order valence-electron chi connectivity index (χ0n) is 18.0. The predicted octanol–water partition coefficient (Wildman–Crippen LogP) is -2.47. The normalized spacial score (nSPS) is 9.11. The van der Waals surface area contributed by atoms with Crippen LogP contribution in [0.1, 0.15) is 20.7 Å². The van der Waals surface area contributed by atoms with E-state index in [4.69, 9.17) is 11.5 Å². The fraction of sp³-hybridized carbons (Fsp3) is 0. The Labute approximate surface area is 199 Å². The number of nitro groups is 2. The van der Waals surface area contributed by atoms with Crippen molar-refractivity contribution in [1.82, 2.24) is 20.4 Å². The van der Waals surface area contributed by atoms with Gasteiger partial charge in [0, 0.05) is 35.4 Å². The van der Waals surface area contributed by atoms with Gasteiger partial charge in [-0.3, -0.25) is 20.2 Å². The molecule has 0 bridgehead atoms. The van der Waals surface area contributed by atoms with Crippen molar-refractivity contribution in [2.24, 2.45) is 0 Å². The van der Waals surface area contributed by atoms with Crippen molar-refractivity contribution in [3.8, 4) is 0 Å². The number of aromatic amines is 4. The number of carboxylic acid groups (broad SMARTS) is 2. The molecule has 0 unspecified atom stereocenters. The van der Waals surface area contributed by atoms with E-state index in [1.807, 2.05) is 0 Å². The van der Waals surface area contributed by atoms with Gasteiger partial charge in [0.25, 0.3) is 11.4 Å². The Morgan fingerprint density at radius 1 is 0.750 bits per heavy atom. The van der Waals surface area contributed by atoms with Crippen LogP contribution in [0.15, 0.2) is 61.2 Å². The molecular weight excluding hydrogens is 484 g/mol. The minimum atomic E-state index is -1.42. The Morgan fingerprint density at radius 2 is 1.11 bits per heavy atom. The van der Waals surface area contributed by atoms with E-state index in [1.165, 1.54) is 49.1 Å². The van der Waals surface area contributed by atoms with Crippen molar-refractivity contribution in [1.29, 1.82) is 0 Å². The van der Waals surface area contributed by atoms with Crippen LogP contribution in [0.2, 0.25) is 0 Å². The van der Waals surface area contributed by atoms with Crippen LogP contribution in [0.4, 0.5) is 23.3 Å². The van der Waals surface area contributed by atoms with Crippen molar-refractivity contribution in [2.75, 3.05) is 11.5 Å². The summed E-state index contributed by atoms with van der Waals surface area (Å²) in [5.74, 6) is -1.87. The van der Waals surface area contributed by atoms with E-state index < -0.39 is 21.8 Å². The van der Waals surface area contributed by atoms with Gasteiger partial charge in [0.05, 0.1) is 21.8 Å². The molecular formula is C18H18N10O8. The summed E-state index contributed by atoms with van der Waals surface area (Å²) in [6.07, 6.45) is 2.96. The average molecular weight is 502 g/mol. The lowest BCUT2D eigenvalue weighted by molar-refractivity contribution is -0.385. The van der Waals surface area contributed by atoms with E-state index in [0.717, 1.165) is 12.1 Å². The fourth-order valence-electron chi connectivity index (χ4n) is 1.96. The Balaban J connectivity index is 0.000000252. The Kier molecular flexibility index (Phi) is 11.1. The number of benzene rings is 2. The zero-order chi connectivity index (χ0) is 27.1. The Morgan fingerprint density at radius 3 is 1.31 bits per heavy atom. The number of nitrogens with one attached hydrogen (secondary N) is 4. The third-order valence-electron chi connectivity index (χ3n) is 3.52. The molecule has 0 atom stereocenters. The van der Waals surface area contributed by atoms with Crippen LogP contribution in [-0.4, -0.2) is 42.2 Å². The topological polar surface area (TPSA) is 304 Å². The van der Waals surface area contributed by atoms with Gasteiger partial charge in [-0.15, -0.1) is 10.2 Å². The van der Waals surface area contributed by atoms with Crippen molar-refractivity contribution in [3.05, 3.63) is 92.5 Å². The first-order chi connectivity index (χ1) is 17.0. The molecule has 18 nitrogen and oxygen atoms in total. The van der Waals surface area contributed by atoms with Gasteiger partial charge < -0.3 is 31.3 Å². The van der Waals surface area contributed by atoms with Crippen LogP contribution in [0.5, 0.6) is 0 Å². The quantitative estimate of drug-likeness (QED) is 0.167. The summed E-state index contributed by atoms with van der Waals surface area (Å²) in [6.45, 7) is 0. The molecule has 0 aliphatic heterocycles. The first kappa shape index (κ1) is 28.1. The molecule has 0 radical (unpaired) electrons. The van der Waals surface area contributed by atoms with Crippen LogP contribution in [0.25, 0.3) is 0 Å². The molecule has 2 aromatic heterocycles. The van der Waals surface area contributed by atoms with Crippen LogP contribution >= 0.6 is 0 Å². The zero-order valence-corrected chi connectivity index (χ0v) is 18.0. The molecule has 0 aliphatic rings. The highest BCUT2D eigenvalue weighted by molar-refractivity contribution is 5.87. The summed E-state index contributed by atoms with van der Waals surface area (Å²) in [7, 11) is 0. The molecule has 2 heterocycles. The van der Waals surface area contributed by atoms with E-state index in [-0.39, 0.29) is 22.5 Å². The number of rotatable bonds is 4. The van der Waals surface area contributed by atoms with Gasteiger partial charge >= 0.3 is 11.9 Å². The summed E-state index contributed by atoms with van der Waals surface area (Å²) in [5.41, 5.74) is 9.32. The number of nitro benzene ring substituents is 2. The number of nitrogen functional groups attached to an aromatic ring is 2. The molecule has 0 amide bonds. The maximum absolute atomic E-state index is 10.2.